The van der Waals surface area contributed by atoms with Crippen molar-refractivity contribution in [3.8, 4) is 5.69 Å². The molecule has 8 nitrogen and oxygen atoms in total. The topological polar surface area (TPSA) is 102 Å². The van der Waals surface area contributed by atoms with Crippen LogP contribution in [0.1, 0.15) is 18.8 Å². The first-order chi connectivity index (χ1) is 12.1. The van der Waals surface area contributed by atoms with Gasteiger partial charge in [-0.05, 0) is 19.1 Å². The van der Waals surface area contributed by atoms with Crippen molar-refractivity contribution in [3.05, 3.63) is 71.3 Å². The van der Waals surface area contributed by atoms with Gasteiger partial charge in [0.25, 0.3) is 5.56 Å². The highest BCUT2D eigenvalue weighted by Crippen LogP contribution is 2.18. The second kappa shape index (κ2) is 7.00. The Balaban J connectivity index is 1.87. The van der Waals surface area contributed by atoms with Gasteiger partial charge in [-0.3, -0.25) is 14.2 Å². The number of anilines is 1. The number of imidazole rings is 1. The van der Waals surface area contributed by atoms with Crippen LogP contribution in [0.4, 0.5) is 5.82 Å². The molecule has 0 saturated carbocycles. The maximum atomic E-state index is 12.3. The minimum Gasteiger partial charge on any atom is -0.480 e. The second-order valence-corrected chi connectivity index (χ2v) is 5.46. The molecule has 1 unspecified atom stereocenters. The molecule has 8 heteroatoms. The first-order valence-electron chi connectivity index (χ1n) is 7.68. The van der Waals surface area contributed by atoms with Crippen LogP contribution in [0.3, 0.4) is 0 Å². The van der Waals surface area contributed by atoms with Gasteiger partial charge in [0.2, 0.25) is 0 Å². The zero-order valence-corrected chi connectivity index (χ0v) is 13.5. The largest absolute Gasteiger partial charge is 0.480 e. The molecule has 1 aromatic carbocycles. The van der Waals surface area contributed by atoms with E-state index in [4.69, 9.17) is 5.11 Å². The monoisotopic (exact) mass is 339 g/mol. The molecule has 0 amide bonds. The van der Waals surface area contributed by atoms with E-state index in [0.717, 1.165) is 10.3 Å². The molecule has 3 rings (SSSR count). The van der Waals surface area contributed by atoms with E-state index in [-0.39, 0.29) is 11.9 Å². The number of carbonyl (C=O) groups is 1. The van der Waals surface area contributed by atoms with Crippen molar-refractivity contribution < 1.29 is 9.90 Å². The molecule has 0 fully saturated rings. The van der Waals surface area contributed by atoms with Crippen LogP contribution in [-0.4, -0.2) is 30.2 Å². The molecular weight excluding hydrogens is 322 g/mol. The number of aliphatic carboxylic acids is 1. The van der Waals surface area contributed by atoms with Crippen molar-refractivity contribution in [1.29, 1.82) is 0 Å². The van der Waals surface area contributed by atoms with Crippen LogP contribution in [-0.2, 0) is 11.3 Å². The highest BCUT2D eigenvalue weighted by molar-refractivity contribution is 5.66. The standard InChI is InChI=1S/C17H17N5O3/c1-12(16-19-8-10-22(16)13-5-3-2-4-6-13)20-15-17(25)21(9-7-18-15)11-14(23)24/h2-10,12H,11H2,1H3,(H,18,20)(H,23,24). The van der Waals surface area contributed by atoms with Gasteiger partial charge in [-0.2, -0.15) is 0 Å². The van der Waals surface area contributed by atoms with Gasteiger partial charge in [0.1, 0.15) is 12.4 Å². The van der Waals surface area contributed by atoms with Crippen molar-refractivity contribution in [2.24, 2.45) is 0 Å². The molecule has 2 heterocycles. The van der Waals surface area contributed by atoms with E-state index in [1.165, 1.54) is 12.4 Å². The number of nitrogens with zero attached hydrogens (tertiary/aromatic N) is 4. The summed E-state index contributed by atoms with van der Waals surface area (Å²) in [5.41, 5.74) is 0.461. The molecule has 0 aliphatic carbocycles. The predicted octanol–water partition coefficient (Wildman–Crippen LogP) is 1.69. The molecular formula is C17H17N5O3. The van der Waals surface area contributed by atoms with Crippen molar-refractivity contribution >= 4 is 11.8 Å². The summed E-state index contributed by atoms with van der Waals surface area (Å²) in [4.78, 5) is 31.5. The molecule has 0 aliphatic rings. The van der Waals surface area contributed by atoms with E-state index in [1.54, 1.807) is 6.20 Å². The third-order valence-electron chi connectivity index (χ3n) is 3.66. The highest BCUT2D eigenvalue weighted by atomic mass is 16.4. The number of benzene rings is 1. The van der Waals surface area contributed by atoms with E-state index in [0.29, 0.717) is 5.82 Å². The Morgan fingerprint density at radius 3 is 2.64 bits per heavy atom. The van der Waals surface area contributed by atoms with E-state index in [9.17, 15) is 9.59 Å². The molecule has 25 heavy (non-hydrogen) atoms. The number of nitrogens with one attached hydrogen (secondary N) is 1. The number of carboxylic acids is 1. The van der Waals surface area contributed by atoms with Gasteiger partial charge in [0, 0.05) is 30.5 Å². The van der Waals surface area contributed by atoms with Crippen molar-refractivity contribution in [3.63, 3.8) is 0 Å². The zero-order chi connectivity index (χ0) is 17.8. The number of hydrogen-bond acceptors (Lipinski definition) is 5. The van der Waals surface area contributed by atoms with Gasteiger partial charge in [0.15, 0.2) is 5.82 Å². The zero-order valence-electron chi connectivity index (χ0n) is 13.5. The fraction of sp³-hybridized carbons (Fsp3) is 0.176. The minimum absolute atomic E-state index is 0.0823. The number of carboxylic acid groups (broad SMARTS) is 1. The van der Waals surface area contributed by atoms with Crippen LogP contribution in [0, 0.1) is 0 Å². The summed E-state index contributed by atoms with van der Waals surface area (Å²) in [6.07, 6.45) is 6.26. The van der Waals surface area contributed by atoms with Gasteiger partial charge in [-0.1, -0.05) is 18.2 Å². The molecule has 0 radical (unpaired) electrons. The third kappa shape index (κ3) is 3.57. The first kappa shape index (κ1) is 16.4. The first-order valence-corrected chi connectivity index (χ1v) is 7.68. The summed E-state index contributed by atoms with van der Waals surface area (Å²) in [5.74, 6) is -0.299. The molecule has 3 aromatic rings. The quantitative estimate of drug-likeness (QED) is 0.708. The number of para-hydroxylation sites is 1. The molecule has 0 aliphatic heterocycles. The van der Waals surface area contributed by atoms with E-state index in [1.807, 2.05) is 48.0 Å². The van der Waals surface area contributed by atoms with Gasteiger partial charge < -0.3 is 15.0 Å². The Morgan fingerprint density at radius 1 is 1.20 bits per heavy atom. The average Bonchev–Trinajstić information content (AvgIpc) is 3.09. The van der Waals surface area contributed by atoms with Crippen LogP contribution in [0.25, 0.3) is 5.69 Å². The summed E-state index contributed by atoms with van der Waals surface area (Å²) in [6, 6.07) is 9.40. The highest BCUT2D eigenvalue weighted by Gasteiger charge is 2.16. The van der Waals surface area contributed by atoms with Gasteiger partial charge in [-0.25, -0.2) is 9.97 Å². The van der Waals surface area contributed by atoms with Crippen LogP contribution >= 0.6 is 0 Å². The maximum Gasteiger partial charge on any atom is 0.323 e. The lowest BCUT2D eigenvalue weighted by Gasteiger charge is -2.16. The Kier molecular flexibility index (Phi) is 4.60. The third-order valence-corrected chi connectivity index (χ3v) is 3.66. The van der Waals surface area contributed by atoms with Crippen LogP contribution in [0.15, 0.2) is 59.9 Å². The lowest BCUT2D eigenvalue weighted by Crippen LogP contribution is -2.28. The lowest BCUT2D eigenvalue weighted by molar-refractivity contribution is -0.137. The summed E-state index contributed by atoms with van der Waals surface area (Å²) in [7, 11) is 0. The van der Waals surface area contributed by atoms with Crippen LogP contribution in [0.5, 0.6) is 0 Å². The molecule has 128 valence electrons. The van der Waals surface area contributed by atoms with Crippen molar-refractivity contribution in [1.82, 2.24) is 19.1 Å². The Hall–Kier alpha value is -3.42. The molecule has 2 N–H and O–H groups in total. The predicted molar refractivity (Wildman–Crippen MR) is 91.7 cm³/mol. The number of hydrogen-bond donors (Lipinski definition) is 2. The molecule has 0 spiro atoms. The van der Waals surface area contributed by atoms with Gasteiger partial charge >= 0.3 is 5.97 Å². The Morgan fingerprint density at radius 2 is 1.92 bits per heavy atom. The van der Waals surface area contributed by atoms with Crippen molar-refractivity contribution in [2.45, 2.75) is 19.5 Å². The number of rotatable bonds is 6. The summed E-state index contributed by atoms with van der Waals surface area (Å²) in [6.45, 7) is 1.44. The van der Waals surface area contributed by atoms with Crippen molar-refractivity contribution in [2.75, 3.05) is 5.32 Å². The van der Waals surface area contributed by atoms with E-state index in [2.05, 4.69) is 15.3 Å². The second-order valence-electron chi connectivity index (χ2n) is 5.46. The van der Waals surface area contributed by atoms with E-state index >= 15 is 0 Å². The molecule has 0 saturated heterocycles. The minimum atomic E-state index is -1.09. The van der Waals surface area contributed by atoms with Gasteiger partial charge in [-0.15, -0.1) is 0 Å². The maximum absolute atomic E-state index is 12.3. The SMILES string of the molecule is CC(Nc1nccn(CC(=O)O)c1=O)c1nccn1-c1ccccc1. The molecule has 2 aromatic heterocycles. The van der Waals surface area contributed by atoms with Crippen LogP contribution < -0.4 is 10.9 Å². The fourth-order valence-electron chi connectivity index (χ4n) is 2.53. The molecule has 0 bridgehead atoms. The Labute approximate surface area is 143 Å². The molecule has 1 atom stereocenters. The van der Waals surface area contributed by atoms with E-state index < -0.39 is 18.1 Å². The lowest BCUT2D eigenvalue weighted by atomic mass is 10.2. The van der Waals surface area contributed by atoms with Gasteiger partial charge in [0.05, 0.1) is 6.04 Å². The average molecular weight is 339 g/mol. The summed E-state index contributed by atoms with van der Waals surface area (Å²) < 4.78 is 3.00. The fourth-order valence-corrected chi connectivity index (χ4v) is 2.53. The van der Waals surface area contributed by atoms with Crippen LogP contribution in [0.2, 0.25) is 0 Å². The summed E-state index contributed by atoms with van der Waals surface area (Å²) >= 11 is 0. The normalized spacial score (nSPS) is 11.9. The summed E-state index contributed by atoms with van der Waals surface area (Å²) in [5, 5.41) is 11.9. The Bertz CT molecular complexity index is 933. The number of aromatic nitrogens is 4. The smallest absolute Gasteiger partial charge is 0.323 e.